The van der Waals surface area contributed by atoms with Crippen LogP contribution in [0.5, 0.6) is 0 Å². The Morgan fingerprint density at radius 3 is 2.46 bits per heavy atom. The zero-order chi connectivity index (χ0) is 17.5. The summed E-state index contributed by atoms with van der Waals surface area (Å²) in [6.45, 7) is 4.24. The summed E-state index contributed by atoms with van der Waals surface area (Å²) in [6, 6.07) is 5.05. The average Bonchev–Trinajstić information content (AvgIpc) is 3.03. The fourth-order valence-corrected chi connectivity index (χ4v) is 3.56. The van der Waals surface area contributed by atoms with Gasteiger partial charge in [0.1, 0.15) is 0 Å². The number of rotatable bonds is 3. The highest BCUT2D eigenvalue weighted by Crippen LogP contribution is 2.36. The van der Waals surface area contributed by atoms with Crippen LogP contribution in [0.4, 0.5) is 13.2 Å². The van der Waals surface area contributed by atoms with Gasteiger partial charge in [0.05, 0.1) is 11.1 Å². The summed E-state index contributed by atoms with van der Waals surface area (Å²) in [5.74, 6) is 0. The predicted molar refractivity (Wildman–Crippen MR) is 88.3 cm³/mol. The quantitative estimate of drug-likeness (QED) is 0.856. The third-order valence-corrected chi connectivity index (χ3v) is 4.89. The Labute approximate surface area is 138 Å². The first-order valence-corrected chi connectivity index (χ1v) is 8.21. The minimum Gasteiger partial charge on any atom is -0.311 e. The van der Waals surface area contributed by atoms with Crippen LogP contribution in [0.2, 0.25) is 0 Å². The van der Waals surface area contributed by atoms with Crippen molar-refractivity contribution in [1.29, 1.82) is 0 Å². The Kier molecular flexibility index (Phi) is 4.42. The molecule has 1 aliphatic rings. The Balaban J connectivity index is 2.06. The Bertz CT molecular complexity index is 818. The molecule has 1 saturated heterocycles. The molecule has 0 spiro atoms. The zero-order valence-electron chi connectivity index (χ0n) is 13.9. The molecule has 1 aromatic heterocycles. The normalized spacial score (nSPS) is 16.2. The van der Waals surface area contributed by atoms with Gasteiger partial charge >= 0.3 is 6.18 Å². The van der Waals surface area contributed by atoms with Crippen molar-refractivity contribution in [3.63, 3.8) is 0 Å². The van der Waals surface area contributed by atoms with Crippen molar-refractivity contribution in [2.75, 3.05) is 19.6 Å². The summed E-state index contributed by atoms with van der Waals surface area (Å²) in [4.78, 5) is 14.4. The van der Waals surface area contributed by atoms with Crippen molar-refractivity contribution in [3.8, 4) is 0 Å². The highest BCUT2D eigenvalue weighted by Gasteiger charge is 2.36. The van der Waals surface area contributed by atoms with E-state index >= 15 is 0 Å². The standard InChI is InChI=1S/C18H21F3N2O/c1-12-16(18(19,20)21)14-11-13(7-10-23-8-3-4-9-23)5-6-15(14)22(2)17(12)24/h5-6,11H,3-4,7-10H2,1-2H3. The molecule has 6 heteroatoms. The third-order valence-electron chi connectivity index (χ3n) is 4.89. The second kappa shape index (κ2) is 6.24. The molecule has 1 aliphatic heterocycles. The molecule has 0 bridgehead atoms. The van der Waals surface area contributed by atoms with E-state index in [1.165, 1.54) is 31.4 Å². The molecular formula is C18H21F3N2O. The molecule has 2 aromatic rings. The highest BCUT2D eigenvalue weighted by molar-refractivity contribution is 5.85. The van der Waals surface area contributed by atoms with Crippen LogP contribution in [0.1, 0.15) is 29.5 Å². The number of hydrogen-bond acceptors (Lipinski definition) is 2. The van der Waals surface area contributed by atoms with Crippen LogP contribution in [-0.4, -0.2) is 29.1 Å². The fraction of sp³-hybridized carbons (Fsp3) is 0.500. The van der Waals surface area contributed by atoms with Gasteiger partial charge in [-0.1, -0.05) is 6.07 Å². The first-order chi connectivity index (χ1) is 11.3. The van der Waals surface area contributed by atoms with Crippen LogP contribution in [0.15, 0.2) is 23.0 Å². The number of halogens is 3. The maximum absolute atomic E-state index is 13.5. The maximum Gasteiger partial charge on any atom is 0.417 e. The minimum absolute atomic E-state index is 0.112. The molecule has 130 valence electrons. The second-order valence-corrected chi connectivity index (χ2v) is 6.51. The molecule has 3 nitrogen and oxygen atoms in total. The molecule has 1 aromatic carbocycles. The summed E-state index contributed by atoms with van der Waals surface area (Å²) in [7, 11) is 1.52. The van der Waals surface area contributed by atoms with Crippen LogP contribution in [-0.2, 0) is 19.6 Å². The monoisotopic (exact) mass is 338 g/mol. The van der Waals surface area contributed by atoms with Gasteiger partial charge in [-0.3, -0.25) is 4.79 Å². The first-order valence-electron chi connectivity index (χ1n) is 8.21. The van der Waals surface area contributed by atoms with Crippen molar-refractivity contribution < 1.29 is 13.2 Å². The van der Waals surface area contributed by atoms with Crippen molar-refractivity contribution in [1.82, 2.24) is 9.47 Å². The van der Waals surface area contributed by atoms with Gasteiger partial charge in [0.25, 0.3) is 5.56 Å². The van der Waals surface area contributed by atoms with Gasteiger partial charge in [-0.15, -0.1) is 0 Å². The van der Waals surface area contributed by atoms with Gasteiger partial charge in [-0.2, -0.15) is 13.2 Å². The Morgan fingerprint density at radius 1 is 1.17 bits per heavy atom. The lowest BCUT2D eigenvalue weighted by Crippen LogP contribution is -2.25. The fourth-order valence-electron chi connectivity index (χ4n) is 3.56. The van der Waals surface area contributed by atoms with Gasteiger partial charge in [0, 0.05) is 24.5 Å². The van der Waals surface area contributed by atoms with E-state index in [0.717, 1.165) is 31.6 Å². The summed E-state index contributed by atoms with van der Waals surface area (Å²) < 4.78 is 41.8. The molecule has 0 N–H and O–H groups in total. The van der Waals surface area contributed by atoms with Crippen molar-refractivity contribution in [2.45, 2.75) is 32.4 Å². The van der Waals surface area contributed by atoms with E-state index in [9.17, 15) is 18.0 Å². The SMILES string of the molecule is Cc1c(C(F)(F)F)c2cc(CCN3CCCC3)ccc2n(C)c1=O. The van der Waals surface area contributed by atoms with Gasteiger partial charge < -0.3 is 9.47 Å². The number of aromatic nitrogens is 1. The second-order valence-electron chi connectivity index (χ2n) is 6.51. The van der Waals surface area contributed by atoms with E-state index in [4.69, 9.17) is 0 Å². The number of fused-ring (bicyclic) bond motifs is 1. The number of alkyl halides is 3. The lowest BCUT2D eigenvalue weighted by molar-refractivity contribution is -0.136. The number of pyridine rings is 1. The molecule has 24 heavy (non-hydrogen) atoms. The van der Waals surface area contributed by atoms with E-state index in [1.54, 1.807) is 12.1 Å². The molecule has 3 rings (SSSR count). The molecule has 0 aliphatic carbocycles. The van der Waals surface area contributed by atoms with E-state index in [0.29, 0.717) is 5.52 Å². The molecule has 2 heterocycles. The van der Waals surface area contributed by atoms with Crippen molar-refractivity contribution >= 4 is 10.9 Å². The van der Waals surface area contributed by atoms with E-state index in [1.807, 2.05) is 6.07 Å². The van der Waals surface area contributed by atoms with Crippen LogP contribution >= 0.6 is 0 Å². The Morgan fingerprint density at radius 2 is 1.83 bits per heavy atom. The smallest absolute Gasteiger partial charge is 0.311 e. The molecule has 0 atom stereocenters. The van der Waals surface area contributed by atoms with Crippen LogP contribution in [0, 0.1) is 6.92 Å². The molecule has 0 amide bonds. The number of hydrogen-bond donors (Lipinski definition) is 0. The largest absolute Gasteiger partial charge is 0.417 e. The van der Waals surface area contributed by atoms with Crippen LogP contribution in [0.25, 0.3) is 10.9 Å². The van der Waals surface area contributed by atoms with Crippen LogP contribution in [0.3, 0.4) is 0 Å². The summed E-state index contributed by atoms with van der Waals surface area (Å²) in [5, 5.41) is 0.112. The van der Waals surface area contributed by atoms with E-state index in [2.05, 4.69) is 4.90 Å². The zero-order valence-corrected chi connectivity index (χ0v) is 13.9. The van der Waals surface area contributed by atoms with Crippen molar-refractivity contribution in [3.05, 3.63) is 45.2 Å². The number of nitrogens with zero attached hydrogens (tertiary/aromatic N) is 2. The maximum atomic E-state index is 13.5. The predicted octanol–water partition coefficient (Wildman–Crippen LogP) is 3.50. The summed E-state index contributed by atoms with van der Waals surface area (Å²) >= 11 is 0. The van der Waals surface area contributed by atoms with Gasteiger partial charge in [-0.05, 0) is 57.0 Å². The third kappa shape index (κ3) is 3.07. The lowest BCUT2D eigenvalue weighted by atomic mass is 10.00. The summed E-state index contributed by atoms with van der Waals surface area (Å²) in [5.41, 5.74) is -0.446. The molecule has 0 radical (unpaired) electrons. The number of aryl methyl sites for hydroxylation is 1. The molecule has 0 saturated carbocycles. The molecule has 0 unspecified atom stereocenters. The Hall–Kier alpha value is -1.82. The van der Waals surface area contributed by atoms with Crippen LogP contribution < -0.4 is 5.56 Å². The van der Waals surface area contributed by atoms with E-state index in [-0.39, 0.29) is 10.9 Å². The topological polar surface area (TPSA) is 25.2 Å². The van der Waals surface area contributed by atoms with Gasteiger partial charge in [-0.25, -0.2) is 0 Å². The summed E-state index contributed by atoms with van der Waals surface area (Å²) in [6.07, 6.45) is -1.44. The van der Waals surface area contributed by atoms with E-state index < -0.39 is 17.3 Å². The molecule has 1 fully saturated rings. The number of benzene rings is 1. The number of likely N-dealkylation sites (tertiary alicyclic amines) is 1. The lowest BCUT2D eigenvalue weighted by Gasteiger charge is -2.18. The van der Waals surface area contributed by atoms with Gasteiger partial charge in [0.15, 0.2) is 0 Å². The molecular weight excluding hydrogens is 317 g/mol. The van der Waals surface area contributed by atoms with Gasteiger partial charge in [0.2, 0.25) is 0 Å². The average molecular weight is 338 g/mol. The highest BCUT2D eigenvalue weighted by atomic mass is 19.4. The minimum atomic E-state index is -4.54. The first kappa shape index (κ1) is 17.0. The van der Waals surface area contributed by atoms with Crippen molar-refractivity contribution in [2.24, 2.45) is 7.05 Å².